The average molecular weight is 377 g/mol. The van der Waals surface area contributed by atoms with Gasteiger partial charge >= 0.3 is 5.97 Å². The van der Waals surface area contributed by atoms with Crippen molar-refractivity contribution in [1.29, 1.82) is 0 Å². The van der Waals surface area contributed by atoms with E-state index in [0.29, 0.717) is 24.5 Å². The summed E-state index contributed by atoms with van der Waals surface area (Å²) < 4.78 is 15.7. The highest BCUT2D eigenvalue weighted by Gasteiger charge is 2.15. The van der Waals surface area contributed by atoms with Gasteiger partial charge in [0.1, 0.15) is 0 Å². The molecule has 0 fully saturated rings. The van der Waals surface area contributed by atoms with Crippen molar-refractivity contribution < 1.29 is 23.8 Å². The molecule has 0 N–H and O–H groups in total. The Kier molecular flexibility index (Phi) is 7.47. The van der Waals surface area contributed by atoms with Crippen LogP contribution >= 0.6 is 11.3 Å². The fourth-order valence-corrected chi connectivity index (χ4v) is 3.12. The van der Waals surface area contributed by atoms with Gasteiger partial charge in [-0.05, 0) is 40.4 Å². The molecule has 0 aliphatic heterocycles. The molecule has 0 saturated carbocycles. The van der Waals surface area contributed by atoms with Crippen molar-refractivity contribution in [2.75, 3.05) is 27.9 Å². The second-order valence-corrected chi connectivity index (χ2v) is 6.47. The molecule has 0 spiro atoms. The Hall–Kier alpha value is -2.54. The van der Waals surface area contributed by atoms with Crippen LogP contribution in [0.25, 0.3) is 0 Å². The number of esters is 1. The van der Waals surface area contributed by atoms with Crippen LogP contribution in [0.3, 0.4) is 0 Å². The molecular weight excluding hydrogens is 354 g/mol. The zero-order chi connectivity index (χ0) is 18.9. The van der Waals surface area contributed by atoms with Crippen molar-refractivity contribution in [3.8, 4) is 11.5 Å². The first-order valence-electron chi connectivity index (χ1n) is 8.15. The van der Waals surface area contributed by atoms with Crippen LogP contribution in [-0.2, 0) is 27.3 Å². The fourth-order valence-electron chi connectivity index (χ4n) is 2.46. The third-order valence-electron chi connectivity index (χ3n) is 3.87. The summed E-state index contributed by atoms with van der Waals surface area (Å²) in [5.41, 5.74) is 1.91. The molecular formula is C19H23NO5S. The number of rotatable bonds is 9. The fraction of sp³-hybridized carbons (Fsp3) is 0.368. The summed E-state index contributed by atoms with van der Waals surface area (Å²) in [7, 11) is 4.81. The first kappa shape index (κ1) is 19.8. The second-order valence-electron chi connectivity index (χ2n) is 5.69. The van der Waals surface area contributed by atoms with Crippen LogP contribution in [0.15, 0.2) is 35.0 Å². The number of amides is 1. The maximum Gasteiger partial charge on any atom is 0.306 e. The molecule has 2 aromatic rings. The minimum Gasteiger partial charge on any atom is -0.493 e. The van der Waals surface area contributed by atoms with Crippen LogP contribution in [0, 0.1) is 0 Å². The molecule has 1 aromatic heterocycles. The Morgan fingerprint density at radius 2 is 1.96 bits per heavy atom. The number of carbonyl (C=O) groups excluding carboxylic acids is 2. The van der Waals surface area contributed by atoms with Crippen LogP contribution in [-0.4, -0.2) is 44.7 Å². The first-order chi connectivity index (χ1) is 12.5. The molecule has 0 unspecified atom stereocenters. The van der Waals surface area contributed by atoms with E-state index in [4.69, 9.17) is 14.2 Å². The Morgan fingerprint density at radius 3 is 2.62 bits per heavy atom. The van der Waals surface area contributed by atoms with Gasteiger partial charge in [0.2, 0.25) is 0 Å². The number of para-hydroxylation sites is 1. The molecule has 1 amide bonds. The lowest BCUT2D eigenvalue weighted by atomic mass is 10.1. The molecule has 0 bridgehead atoms. The van der Waals surface area contributed by atoms with Crippen molar-refractivity contribution in [3.05, 3.63) is 46.2 Å². The van der Waals surface area contributed by atoms with E-state index in [2.05, 4.69) is 0 Å². The number of aryl methyl sites for hydroxylation is 1. The minimum atomic E-state index is -0.424. The number of hydrogen-bond donors (Lipinski definition) is 0. The van der Waals surface area contributed by atoms with Gasteiger partial charge in [0, 0.05) is 20.0 Å². The standard InChI is InChI=1S/C19H23NO5S/c1-20(11-14-9-10-26-13-14)17(21)12-25-18(22)8-7-15-5-4-6-16(23-2)19(15)24-3/h4-6,9-10,13H,7-8,11-12H2,1-3H3. The second kappa shape index (κ2) is 9.82. The van der Waals surface area contributed by atoms with E-state index in [1.54, 1.807) is 43.6 Å². The van der Waals surface area contributed by atoms with Gasteiger partial charge in [-0.15, -0.1) is 0 Å². The third kappa shape index (κ3) is 5.49. The molecule has 0 aliphatic rings. The lowest BCUT2D eigenvalue weighted by Gasteiger charge is -2.16. The summed E-state index contributed by atoms with van der Waals surface area (Å²) in [6.07, 6.45) is 0.600. The quantitative estimate of drug-likeness (QED) is 0.629. The third-order valence-corrected chi connectivity index (χ3v) is 4.60. The number of likely N-dealkylation sites (N-methyl/N-ethyl adjacent to an activating group) is 1. The van der Waals surface area contributed by atoms with Gasteiger partial charge in [0.25, 0.3) is 5.91 Å². The molecule has 1 aromatic carbocycles. The number of thiophene rings is 1. The topological polar surface area (TPSA) is 65.1 Å². The summed E-state index contributed by atoms with van der Waals surface area (Å²) in [6, 6.07) is 7.46. The maximum absolute atomic E-state index is 12.0. The average Bonchev–Trinajstić information content (AvgIpc) is 3.16. The van der Waals surface area contributed by atoms with Crippen molar-refractivity contribution in [2.24, 2.45) is 0 Å². The molecule has 1 heterocycles. The lowest BCUT2D eigenvalue weighted by molar-refractivity contribution is -0.151. The number of carbonyl (C=O) groups is 2. The predicted octanol–water partition coefficient (Wildman–Crippen LogP) is 2.90. The largest absolute Gasteiger partial charge is 0.493 e. The summed E-state index contributed by atoms with van der Waals surface area (Å²) in [4.78, 5) is 25.5. The van der Waals surface area contributed by atoms with E-state index in [1.165, 1.54) is 0 Å². The summed E-state index contributed by atoms with van der Waals surface area (Å²) in [6.45, 7) is 0.246. The molecule has 7 heteroatoms. The van der Waals surface area contributed by atoms with Crippen molar-refractivity contribution in [2.45, 2.75) is 19.4 Å². The van der Waals surface area contributed by atoms with Crippen LogP contribution in [0.2, 0.25) is 0 Å². The molecule has 0 saturated heterocycles. The molecule has 0 aliphatic carbocycles. The summed E-state index contributed by atoms with van der Waals surface area (Å²) in [5, 5.41) is 3.94. The van der Waals surface area contributed by atoms with E-state index >= 15 is 0 Å². The highest BCUT2D eigenvalue weighted by molar-refractivity contribution is 7.07. The molecule has 2 rings (SSSR count). The number of methoxy groups -OCH3 is 2. The molecule has 26 heavy (non-hydrogen) atoms. The van der Waals surface area contributed by atoms with Crippen LogP contribution in [0.1, 0.15) is 17.5 Å². The first-order valence-corrected chi connectivity index (χ1v) is 9.10. The van der Waals surface area contributed by atoms with Gasteiger partial charge in [-0.25, -0.2) is 0 Å². The Bertz CT molecular complexity index is 730. The van der Waals surface area contributed by atoms with E-state index in [-0.39, 0.29) is 18.9 Å². The monoisotopic (exact) mass is 377 g/mol. The predicted molar refractivity (Wildman–Crippen MR) is 99.6 cm³/mol. The SMILES string of the molecule is COc1cccc(CCC(=O)OCC(=O)N(C)Cc2ccsc2)c1OC. The molecule has 6 nitrogen and oxygen atoms in total. The highest BCUT2D eigenvalue weighted by Crippen LogP contribution is 2.31. The Balaban J connectivity index is 1.79. The Labute approximate surface area is 157 Å². The maximum atomic E-state index is 12.0. The van der Waals surface area contributed by atoms with Gasteiger partial charge in [0.05, 0.1) is 14.2 Å². The lowest BCUT2D eigenvalue weighted by Crippen LogP contribution is -2.30. The van der Waals surface area contributed by atoms with E-state index in [1.807, 2.05) is 29.0 Å². The van der Waals surface area contributed by atoms with Gasteiger partial charge < -0.3 is 19.1 Å². The van der Waals surface area contributed by atoms with Gasteiger partial charge in [-0.2, -0.15) is 11.3 Å². The van der Waals surface area contributed by atoms with Gasteiger partial charge in [-0.1, -0.05) is 12.1 Å². The zero-order valence-corrected chi connectivity index (χ0v) is 16.0. The molecule has 0 radical (unpaired) electrons. The van der Waals surface area contributed by atoms with Crippen LogP contribution in [0.4, 0.5) is 0 Å². The molecule has 0 atom stereocenters. The number of hydrogen-bond acceptors (Lipinski definition) is 6. The van der Waals surface area contributed by atoms with Crippen molar-refractivity contribution in [1.82, 2.24) is 4.90 Å². The van der Waals surface area contributed by atoms with Crippen LogP contribution in [0.5, 0.6) is 11.5 Å². The van der Waals surface area contributed by atoms with E-state index in [0.717, 1.165) is 11.1 Å². The summed E-state index contributed by atoms with van der Waals surface area (Å²) >= 11 is 1.58. The van der Waals surface area contributed by atoms with Gasteiger partial charge in [0.15, 0.2) is 18.1 Å². The minimum absolute atomic E-state index is 0.158. The number of ether oxygens (including phenoxy) is 3. The van der Waals surface area contributed by atoms with Crippen molar-refractivity contribution in [3.63, 3.8) is 0 Å². The highest BCUT2D eigenvalue weighted by atomic mass is 32.1. The number of nitrogens with zero attached hydrogens (tertiary/aromatic N) is 1. The Morgan fingerprint density at radius 1 is 1.15 bits per heavy atom. The molecule has 140 valence electrons. The normalized spacial score (nSPS) is 10.3. The van der Waals surface area contributed by atoms with E-state index in [9.17, 15) is 9.59 Å². The smallest absolute Gasteiger partial charge is 0.306 e. The van der Waals surface area contributed by atoms with E-state index < -0.39 is 5.97 Å². The van der Waals surface area contributed by atoms with Crippen LogP contribution < -0.4 is 9.47 Å². The summed E-state index contributed by atoms with van der Waals surface area (Å²) in [5.74, 6) is 0.564. The van der Waals surface area contributed by atoms with Crippen molar-refractivity contribution >= 4 is 23.2 Å². The number of benzene rings is 1. The van der Waals surface area contributed by atoms with Gasteiger partial charge in [-0.3, -0.25) is 9.59 Å². The zero-order valence-electron chi connectivity index (χ0n) is 15.2.